The molecule has 7 nitrogen and oxygen atoms in total. The van der Waals surface area contributed by atoms with Crippen molar-refractivity contribution in [2.75, 3.05) is 0 Å². The molecule has 3 saturated carbocycles. The Balaban J connectivity index is 1.30. The number of rotatable bonds is 7. The van der Waals surface area contributed by atoms with Gasteiger partial charge in [0.25, 0.3) is 0 Å². The van der Waals surface area contributed by atoms with Gasteiger partial charge in [0.15, 0.2) is 12.1 Å². The van der Waals surface area contributed by atoms with Gasteiger partial charge < -0.3 is 29.9 Å². The number of ether oxygens (including phenoxy) is 2. The molecule has 4 aliphatic carbocycles. The van der Waals surface area contributed by atoms with Crippen molar-refractivity contribution in [2.45, 2.75) is 134 Å². The van der Waals surface area contributed by atoms with E-state index in [1.165, 1.54) is 5.56 Å². The van der Waals surface area contributed by atoms with Crippen LogP contribution in [0.3, 0.4) is 0 Å². The molecular formula is C37H52O7. The van der Waals surface area contributed by atoms with Crippen LogP contribution in [0, 0.1) is 28.6 Å². The molecule has 6 rings (SSSR count). The molecule has 44 heavy (non-hydrogen) atoms. The molecule has 1 aromatic rings. The second-order valence-electron chi connectivity index (χ2n) is 15.9. The Morgan fingerprint density at radius 1 is 1.02 bits per heavy atom. The summed E-state index contributed by atoms with van der Waals surface area (Å²) in [5.41, 5.74) is -1.78. The third kappa shape index (κ3) is 5.16. The maximum Gasteiger partial charge on any atom is 0.178 e. The quantitative estimate of drug-likeness (QED) is 0.321. The first-order chi connectivity index (χ1) is 20.6. The minimum absolute atomic E-state index is 0.0302. The Morgan fingerprint density at radius 2 is 1.75 bits per heavy atom. The Labute approximate surface area is 262 Å². The highest BCUT2D eigenvalue weighted by molar-refractivity contribution is 5.95. The molecule has 0 bridgehead atoms. The first-order valence-electron chi connectivity index (χ1n) is 16.7. The summed E-state index contributed by atoms with van der Waals surface area (Å²) in [5.74, 6) is -0.458. The highest BCUT2D eigenvalue weighted by Gasteiger charge is 2.70. The van der Waals surface area contributed by atoms with E-state index in [9.17, 15) is 25.2 Å². The van der Waals surface area contributed by atoms with Gasteiger partial charge in [0.1, 0.15) is 0 Å². The Bertz CT molecular complexity index is 1300. The number of aliphatic hydroxyl groups is 4. The number of hydrogen-bond donors (Lipinski definition) is 4. The van der Waals surface area contributed by atoms with Gasteiger partial charge in [0, 0.05) is 11.3 Å². The van der Waals surface area contributed by atoms with Gasteiger partial charge in [-0.3, -0.25) is 4.79 Å². The average molecular weight is 609 g/mol. The minimum Gasteiger partial charge on any atom is -0.390 e. The molecule has 1 saturated heterocycles. The van der Waals surface area contributed by atoms with Crippen molar-refractivity contribution in [1.29, 1.82) is 0 Å². The van der Waals surface area contributed by atoms with Gasteiger partial charge in [-0.05, 0) is 119 Å². The van der Waals surface area contributed by atoms with Gasteiger partial charge in [-0.25, -0.2) is 0 Å². The van der Waals surface area contributed by atoms with Crippen LogP contribution in [-0.2, 0) is 20.7 Å². The number of carbonyl (C=O) groups is 1. The predicted octanol–water partition coefficient (Wildman–Crippen LogP) is 5.04. The molecule has 1 aromatic carbocycles. The Hall–Kier alpha value is -1.87. The van der Waals surface area contributed by atoms with Crippen LogP contribution in [0.4, 0.5) is 0 Å². The van der Waals surface area contributed by atoms with E-state index in [0.717, 1.165) is 31.3 Å². The van der Waals surface area contributed by atoms with Crippen molar-refractivity contribution in [1.82, 2.24) is 0 Å². The number of fused-ring (bicyclic) bond motifs is 5. The molecule has 11 atom stereocenters. The number of hydrogen-bond acceptors (Lipinski definition) is 7. The second-order valence-corrected chi connectivity index (χ2v) is 15.9. The highest BCUT2D eigenvalue weighted by atomic mass is 16.7. The van der Waals surface area contributed by atoms with Gasteiger partial charge in [-0.15, -0.1) is 0 Å². The molecule has 1 aliphatic heterocycles. The number of ketones is 1. The van der Waals surface area contributed by atoms with E-state index in [4.69, 9.17) is 9.47 Å². The van der Waals surface area contributed by atoms with Gasteiger partial charge in [-0.1, -0.05) is 50.3 Å². The first-order valence-corrected chi connectivity index (χ1v) is 16.7. The standard InChI is InChI=1S/C37H52O7/c1-33(2,41)17-16-31-36(5,44-32(43-31)13-9-12-23-10-7-6-8-11-23)30-15-19-37(42)25-20-27(38)26-21-28(39)29(40)22-34(26,3)24(25)14-18-35(30,37)4/h6-11,13,20,24,26,28-32,39-42H,12,14-19,21-22H2,1-5H3/b13-9-/t24-,26-,28+,29-,30-,31+,32?,34+,35+,36+,37+/m0/s1. The normalized spacial score (nSPS) is 45.6. The summed E-state index contributed by atoms with van der Waals surface area (Å²) in [5, 5.41) is 44.4. The lowest BCUT2D eigenvalue weighted by molar-refractivity contribution is -0.165. The summed E-state index contributed by atoms with van der Waals surface area (Å²) in [6, 6.07) is 10.3. The molecule has 4 fully saturated rings. The molecule has 0 spiro atoms. The average Bonchev–Trinajstić information content (AvgIpc) is 3.43. The number of aliphatic hydroxyl groups excluding tert-OH is 2. The number of allylic oxidation sites excluding steroid dienone is 2. The molecule has 1 heterocycles. The third-order valence-electron chi connectivity index (χ3n) is 12.6. The molecule has 0 radical (unpaired) electrons. The minimum atomic E-state index is -1.18. The molecule has 5 aliphatic rings. The van der Waals surface area contributed by atoms with E-state index >= 15 is 0 Å². The van der Waals surface area contributed by atoms with E-state index in [1.807, 2.05) is 38.1 Å². The zero-order valence-electron chi connectivity index (χ0n) is 27.0. The van der Waals surface area contributed by atoms with Crippen LogP contribution in [0.5, 0.6) is 0 Å². The second kappa shape index (κ2) is 11.1. The smallest absolute Gasteiger partial charge is 0.178 e. The molecule has 0 amide bonds. The lowest BCUT2D eigenvalue weighted by Crippen LogP contribution is -2.62. The predicted molar refractivity (Wildman–Crippen MR) is 167 cm³/mol. The van der Waals surface area contributed by atoms with Gasteiger partial charge in [-0.2, -0.15) is 0 Å². The Kier molecular flexibility index (Phi) is 8.12. The third-order valence-corrected chi connectivity index (χ3v) is 12.6. The van der Waals surface area contributed by atoms with Crippen molar-refractivity contribution in [3.63, 3.8) is 0 Å². The van der Waals surface area contributed by atoms with Crippen molar-refractivity contribution in [2.24, 2.45) is 28.6 Å². The van der Waals surface area contributed by atoms with E-state index in [-0.39, 0.29) is 36.1 Å². The summed E-state index contributed by atoms with van der Waals surface area (Å²) in [7, 11) is 0. The van der Waals surface area contributed by atoms with Crippen molar-refractivity contribution < 1.29 is 34.7 Å². The summed E-state index contributed by atoms with van der Waals surface area (Å²) in [4.78, 5) is 13.6. The van der Waals surface area contributed by atoms with Crippen LogP contribution in [0.2, 0.25) is 0 Å². The fourth-order valence-corrected chi connectivity index (χ4v) is 10.1. The number of carbonyl (C=O) groups excluding carboxylic acids is 1. The van der Waals surface area contributed by atoms with Gasteiger partial charge in [0.2, 0.25) is 0 Å². The van der Waals surface area contributed by atoms with Crippen LogP contribution in [0.25, 0.3) is 0 Å². The molecular weight excluding hydrogens is 556 g/mol. The molecule has 4 N–H and O–H groups in total. The lowest BCUT2D eigenvalue weighted by Gasteiger charge is -2.60. The number of benzene rings is 1. The van der Waals surface area contributed by atoms with E-state index in [0.29, 0.717) is 25.7 Å². The molecule has 242 valence electrons. The van der Waals surface area contributed by atoms with Crippen molar-refractivity contribution >= 4 is 5.78 Å². The van der Waals surface area contributed by atoms with Crippen LogP contribution in [0.1, 0.15) is 91.5 Å². The summed E-state index contributed by atoms with van der Waals surface area (Å²) in [6.07, 6.45) is 8.59. The molecule has 7 heteroatoms. The van der Waals surface area contributed by atoms with E-state index in [1.54, 1.807) is 6.08 Å². The fourth-order valence-electron chi connectivity index (χ4n) is 10.1. The topological polar surface area (TPSA) is 116 Å². The molecule has 1 unspecified atom stereocenters. The van der Waals surface area contributed by atoms with Crippen molar-refractivity contribution in [3.05, 3.63) is 59.7 Å². The van der Waals surface area contributed by atoms with Gasteiger partial charge in [0.05, 0.1) is 35.1 Å². The Morgan fingerprint density at radius 3 is 2.45 bits per heavy atom. The molecule has 0 aromatic heterocycles. The SMILES string of the molecule is CC(C)(O)CC[C@H]1OC(/C=C\Cc2ccccc2)O[C@]1(C)[C@H]1CC[C@@]2(O)C3=CC(=O)[C@@H]4C[C@@H](O)[C@@H](O)C[C@]4(C)[C@H]3CC[C@]12C. The van der Waals surface area contributed by atoms with Crippen LogP contribution >= 0.6 is 0 Å². The maximum atomic E-state index is 13.6. The van der Waals surface area contributed by atoms with Gasteiger partial charge >= 0.3 is 0 Å². The largest absolute Gasteiger partial charge is 0.390 e. The van der Waals surface area contributed by atoms with Crippen LogP contribution in [0.15, 0.2) is 54.1 Å². The van der Waals surface area contributed by atoms with Crippen LogP contribution in [-0.4, -0.2) is 67.6 Å². The maximum absolute atomic E-state index is 13.6. The van der Waals surface area contributed by atoms with Crippen LogP contribution < -0.4 is 0 Å². The van der Waals surface area contributed by atoms with E-state index in [2.05, 4.69) is 39.0 Å². The zero-order valence-corrected chi connectivity index (χ0v) is 27.0. The fraction of sp³-hybridized carbons (Fsp3) is 0.703. The summed E-state index contributed by atoms with van der Waals surface area (Å²) < 4.78 is 13.4. The summed E-state index contributed by atoms with van der Waals surface area (Å²) in [6.45, 7) is 10.00. The lowest BCUT2D eigenvalue weighted by atomic mass is 9.45. The van der Waals surface area contributed by atoms with E-state index < -0.39 is 46.1 Å². The monoisotopic (exact) mass is 608 g/mol. The zero-order chi connectivity index (χ0) is 31.7. The summed E-state index contributed by atoms with van der Waals surface area (Å²) >= 11 is 0. The van der Waals surface area contributed by atoms with Crippen molar-refractivity contribution in [3.8, 4) is 0 Å². The first kappa shape index (κ1) is 32.1. The highest BCUT2D eigenvalue weighted by Crippen LogP contribution is 2.69.